The highest BCUT2D eigenvalue weighted by molar-refractivity contribution is 6.00. The van der Waals surface area contributed by atoms with Gasteiger partial charge in [0, 0.05) is 6.61 Å². The van der Waals surface area contributed by atoms with Crippen molar-refractivity contribution in [2.24, 2.45) is 11.3 Å². The average molecular weight is 274 g/mol. The van der Waals surface area contributed by atoms with Crippen molar-refractivity contribution in [3.63, 3.8) is 0 Å². The minimum absolute atomic E-state index is 0.0415. The number of aliphatic hydroxyl groups is 1. The van der Waals surface area contributed by atoms with E-state index in [9.17, 15) is 9.59 Å². The van der Waals surface area contributed by atoms with Gasteiger partial charge in [0.05, 0.1) is 13.2 Å². The summed E-state index contributed by atoms with van der Waals surface area (Å²) in [7, 11) is 0. The Hall–Kier alpha value is -1.10. The first-order valence-electron chi connectivity index (χ1n) is 6.92. The highest BCUT2D eigenvalue weighted by Gasteiger charge is 2.50. The van der Waals surface area contributed by atoms with E-state index in [2.05, 4.69) is 0 Å². The fraction of sp³-hybridized carbons (Fsp3) is 0.857. The van der Waals surface area contributed by atoms with E-state index in [0.29, 0.717) is 19.3 Å². The highest BCUT2D eigenvalue weighted by atomic mass is 16.6. The van der Waals surface area contributed by atoms with Crippen LogP contribution in [0.2, 0.25) is 0 Å². The Balaban J connectivity index is 5.21. The lowest BCUT2D eigenvalue weighted by atomic mass is 9.73. The van der Waals surface area contributed by atoms with Gasteiger partial charge in [-0.2, -0.15) is 0 Å². The van der Waals surface area contributed by atoms with Gasteiger partial charge in [-0.15, -0.1) is 0 Å². The van der Waals surface area contributed by atoms with E-state index in [0.717, 1.165) is 0 Å². The highest BCUT2D eigenvalue weighted by Crippen LogP contribution is 2.36. The number of aliphatic hydroxyl groups excluding tert-OH is 1. The molecule has 0 atom stereocenters. The van der Waals surface area contributed by atoms with Crippen molar-refractivity contribution in [1.82, 2.24) is 0 Å². The summed E-state index contributed by atoms with van der Waals surface area (Å²) in [6.45, 7) is 7.54. The van der Waals surface area contributed by atoms with Crippen molar-refractivity contribution in [2.75, 3.05) is 19.8 Å². The number of hydrogen-bond acceptors (Lipinski definition) is 5. The van der Waals surface area contributed by atoms with Crippen molar-refractivity contribution >= 4 is 11.9 Å². The largest absolute Gasteiger partial charge is 0.465 e. The van der Waals surface area contributed by atoms with Gasteiger partial charge in [-0.05, 0) is 39.0 Å². The molecule has 19 heavy (non-hydrogen) atoms. The first-order valence-corrected chi connectivity index (χ1v) is 6.92. The van der Waals surface area contributed by atoms with Crippen LogP contribution < -0.4 is 0 Å². The van der Waals surface area contributed by atoms with E-state index in [1.807, 2.05) is 13.8 Å². The van der Waals surface area contributed by atoms with E-state index in [1.54, 1.807) is 13.8 Å². The maximum absolute atomic E-state index is 12.2. The number of rotatable bonds is 9. The van der Waals surface area contributed by atoms with Gasteiger partial charge in [-0.25, -0.2) is 0 Å². The second-order valence-corrected chi connectivity index (χ2v) is 4.75. The smallest absolute Gasteiger partial charge is 0.323 e. The lowest BCUT2D eigenvalue weighted by Crippen LogP contribution is -2.46. The second-order valence-electron chi connectivity index (χ2n) is 4.75. The molecule has 0 amide bonds. The Morgan fingerprint density at radius 3 is 1.84 bits per heavy atom. The van der Waals surface area contributed by atoms with Gasteiger partial charge in [0.1, 0.15) is 0 Å². The minimum atomic E-state index is -1.26. The normalized spacial score (nSPS) is 11.5. The average Bonchev–Trinajstić information content (AvgIpc) is 2.34. The summed E-state index contributed by atoms with van der Waals surface area (Å²) < 4.78 is 10.1. The number of carbonyl (C=O) groups excluding carboxylic acids is 2. The molecule has 0 aromatic heterocycles. The molecule has 0 aliphatic carbocycles. The predicted octanol–water partition coefficient (Wildman–Crippen LogP) is 1.92. The lowest BCUT2D eigenvalue weighted by molar-refractivity contribution is -0.176. The van der Waals surface area contributed by atoms with Crippen LogP contribution in [0.1, 0.15) is 47.0 Å². The van der Waals surface area contributed by atoms with Crippen molar-refractivity contribution in [1.29, 1.82) is 0 Å². The minimum Gasteiger partial charge on any atom is -0.465 e. The monoisotopic (exact) mass is 274 g/mol. The maximum Gasteiger partial charge on any atom is 0.323 e. The van der Waals surface area contributed by atoms with E-state index < -0.39 is 17.4 Å². The van der Waals surface area contributed by atoms with E-state index in [4.69, 9.17) is 14.6 Å². The fourth-order valence-corrected chi connectivity index (χ4v) is 2.08. The SMILES string of the molecule is CCOC(=O)C(CCCCO)(C(=O)OCC)C(C)C. The van der Waals surface area contributed by atoms with Gasteiger partial charge in [0.15, 0.2) is 5.41 Å². The van der Waals surface area contributed by atoms with Crippen LogP contribution in [0.4, 0.5) is 0 Å². The van der Waals surface area contributed by atoms with E-state index in [-0.39, 0.29) is 25.7 Å². The quantitative estimate of drug-likeness (QED) is 0.395. The number of esters is 2. The number of ether oxygens (including phenoxy) is 2. The summed E-state index contributed by atoms with van der Waals surface area (Å²) in [5, 5.41) is 8.85. The zero-order valence-electron chi connectivity index (χ0n) is 12.4. The first kappa shape index (κ1) is 17.9. The lowest BCUT2D eigenvalue weighted by Gasteiger charge is -2.32. The van der Waals surface area contributed by atoms with Crippen LogP contribution in [0.25, 0.3) is 0 Å². The third kappa shape index (κ3) is 4.49. The Morgan fingerprint density at radius 2 is 1.53 bits per heavy atom. The molecule has 0 rings (SSSR count). The molecule has 1 N–H and O–H groups in total. The topological polar surface area (TPSA) is 72.8 Å². The van der Waals surface area contributed by atoms with Gasteiger partial charge in [0.25, 0.3) is 0 Å². The summed E-state index contributed by atoms with van der Waals surface area (Å²) in [5.74, 6) is -1.27. The zero-order chi connectivity index (χ0) is 14.9. The van der Waals surface area contributed by atoms with E-state index >= 15 is 0 Å². The molecular formula is C14H26O5. The number of hydrogen-bond donors (Lipinski definition) is 1. The standard InChI is InChI=1S/C14H26O5/c1-5-18-12(16)14(11(3)4,9-7-8-10-15)13(17)19-6-2/h11,15H,5-10H2,1-4H3. The van der Waals surface area contributed by atoms with Gasteiger partial charge in [0.2, 0.25) is 0 Å². The molecule has 0 spiro atoms. The van der Waals surface area contributed by atoms with Crippen molar-refractivity contribution in [3.8, 4) is 0 Å². The molecule has 0 aliphatic rings. The van der Waals surface area contributed by atoms with Crippen LogP contribution in [0.15, 0.2) is 0 Å². The van der Waals surface area contributed by atoms with Crippen molar-refractivity contribution in [2.45, 2.75) is 47.0 Å². The van der Waals surface area contributed by atoms with Crippen molar-refractivity contribution < 1.29 is 24.2 Å². The molecule has 0 saturated carbocycles. The summed E-state index contributed by atoms with van der Waals surface area (Å²) in [6.07, 6.45) is 1.46. The molecule has 0 bridgehead atoms. The van der Waals surface area contributed by atoms with Gasteiger partial charge in [-0.3, -0.25) is 9.59 Å². The molecule has 5 nitrogen and oxygen atoms in total. The van der Waals surface area contributed by atoms with Crippen molar-refractivity contribution in [3.05, 3.63) is 0 Å². The van der Waals surface area contributed by atoms with Crippen LogP contribution in [-0.2, 0) is 19.1 Å². The van der Waals surface area contributed by atoms with Crippen LogP contribution >= 0.6 is 0 Å². The molecular weight excluding hydrogens is 248 g/mol. The molecule has 5 heteroatoms. The summed E-state index contributed by atoms with van der Waals surface area (Å²) in [4.78, 5) is 24.5. The van der Waals surface area contributed by atoms with E-state index in [1.165, 1.54) is 0 Å². The number of unbranched alkanes of at least 4 members (excludes halogenated alkanes) is 1. The molecule has 112 valence electrons. The first-order chi connectivity index (χ1) is 8.97. The zero-order valence-corrected chi connectivity index (χ0v) is 12.4. The summed E-state index contributed by atoms with van der Waals surface area (Å²) >= 11 is 0. The summed E-state index contributed by atoms with van der Waals surface area (Å²) in [6, 6.07) is 0. The Kier molecular flexibility index (Phi) is 8.39. The maximum atomic E-state index is 12.2. The second kappa shape index (κ2) is 8.91. The van der Waals surface area contributed by atoms with Crippen LogP contribution in [-0.4, -0.2) is 36.9 Å². The van der Waals surface area contributed by atoms with Gasteiger partial charge in [-0.1, -0.05) is 13.8 Å². The molecule has 0 unspecified atom stereocenters. The van der Waals surface area contributed by atoms with Gasteiger partial charge >= 0.3 is 11.9 Å². The van der Waals surface area contributed by atoms with Gasteiger partial charge < -0.3 is 14.6 Å². The Labute approximate surface area is 115 Å². The molecule has 0 fully saturated rings. The molecule has 0 heterocycles. The molecule has 0 radical (unpaired) electrons. The number of carbonyl (C=O) groups is 2. The summed E-state index contributed by atoms with van der Waals surface area (Å²) in [5.41, 5.74) is -1.26. The van der Waals surface area contributed by atoms with Crippen LogP contribution in [0.3, 0.4) is 0 Å². The molecule has 0 aliphatic heterocycles. The predicted molar refractivity (Wildman–Crippen MR) is 71.5 cm³/mol. The molecule has 0 aromatic carbocycles. The van der Waals surface area contributed by atoms with Crippen LogP contribution in [0, 0.1) is 11.3 Å². The molecule has 0 aromatic rings. The molecule has 0 saturated heterocycles. The Bertz CT molecular complexity index is 268. The fourth-order valence-electron chi connectivity index (χ4n) is 2.08. The van der Waals surface area contributed by atoms with Crippen LogP contribution in [0.5, 0.6) is 0 Å². The third-order valence-corrected chi connectivity index (χ3v) is 3.24. The third-order valence-electron chi connectivity index (χ3n) is 3.24. The Morgan fingerprint density at radius 1 is 1.05 bits per heavy atom.